The fraction of sp³-hybridized carbons (Fsp3) is 0.538. The quantitative estimate of drug-likeness (QED) is 0.746. The number of hydrogen-bond acceptors (Lipinski definition) is 1. The van der Waals surface area contributed by atoms with E-state index in [1.807, 2.05) is 0 Å². The Bertz CT molecular complexity index is 346. The van der Waals surface area contributed by atoms with Crippen molar-refractivity contribution in [1.82, 2.24) is 0 Å². The number of hydrogen-bond donors (Lipinski definition) is 0. The molecule has 0 saturated carbocycles. The number of rotatable bonds is 2. The molecule has 1 aliphatic carbocycles. The van der Waals surface area contributed by atoms with Gasteiger partial charge in [0.15, 0.2) is 0 Å². The monoisotopic (exact) mass is 268 g/mol. The minimum Gasteiger partial charge on any atom is -0.497 e. The molecule has 1 aromatic rings. The molecule has 2 rings (SSSR count). The van der Waals surface area contributed by atoms with Crippen molar-refractivity contribution in [1.29, 1.82) is 0 Å². The van der Waals surface area contributed by atoms with Crippen LogP contribution in [0.2, 0.25) is 0 Å². The second-order valence-electron chi connectivity index (χ2n) is 4.32. The van der Waals surface area contributed by atoms with Gasteiger partial charge in [-0.2, -0.15) is 0 Å². The van der Waals surface area contributed by atoms with E-state index in [9.17, 15) is 0 Å². The molecule has 0 amide bonds. The molecule has 0 saturated heterocycles. The van der Waals surface area contributed by atoms with Crippen molar-refractivity contribution < 1.29 is 4.74 Å². The molecule has 0 radical (unpaired) electrons. The molecule has 1 aromatic carbocycles. The van der Waals surface area contributed by atoms with Crippen molar-refractivity contribution in [2.45, 2.75) is 31.0 Å². The highest BCUT2D eigenvalue weighted by molar-refractivity contribution is 9.09. The van der Waals surface area contributed by atoms with Crippen LogP contribution < -0.4 is 4.74 Å². The number of methoxy groups -OCH3 is 1. The SMILES string of the molecule is COc1ccc2c(c1)CC(C(C)Br)CC2. The zero-order chi connectivity index (χ0) is 10.8. The summed E-state index contributed by atoms with van der Waals surface area (Å²) in [5.74, 6) is 1.75. The molecule has 1 nitrogen and oxygen atoms in total. The average molecular weight is 269 g/mol. The molecule has 82 valence electrons. The van der Waals surface area contributed by atoms with Crippen LogP contribution in [0.1, 0.15) is 24.5 Å². The van der Waals surface area contributed by atoms with Gasteiger partial charge in [-0.15, -0.1) is 0 Å². The van der Waals surface area contributed by atoms with Crippen LogP contribution in [0.3, 0.4) is 0 Å². The molecule has 0 aliphatic heterocycles. The van der Waals surface area contributed by atoms with Crippen LogP contribution in [-0.4, -0.2) is 11.9 Å². The summed E-state index contributed by atoms with van der Waals surface area (Å²) in [6, 6.07) is 6.47. The normalized spacial score (nSPS) is 21.9. The summed E-state index contributed by atoms with van der Waals surface area (Å²) in [5, 5.41) is 0. The molecule has 0 bridgehead atoms. The predicted molar refractivity (Wildman–Crippen MR) is 66.9 cm³/mol. The van der Waals surface area contributed by atoms with Gasteiger partial charge < -0.3 is 4.74 Å². The molecule has 0 spiro atoms. The number of alkyl halides is 1. The van der Waals surface area contributed by atoms with E-state index < -0.39 is 0 Å². The number of ether oxygens (including phenoxy) is 1. The van der Waals surface area contributed by atoms with Crippen molar-refractivity contribution in [2.24, 2.45) is 5.92 Å². The summed E-state index contributed by atoms with van der Waals surface area (Å²) >= 11 is 3.69. The maximum absolute atomic E-state index is 5.26. The van der Waals surface area contributed by atoms with E-state index in [-0.39, 0.29) is 0 Å². The van der Waals surface area contributed by atoms with Gasteiger partial charge in [0.25, 0.3) is 0 Å². The third-order valence-corrected chi connectivity index (χ3v) is 4.08. The van der Waals surface area contributed by atoms with Crippen molar-refractivity contribution in [3.05, 3.63) is 29.3 Å². The Kier molecular flexibility index (Phi) is 3.35. The Hall–Kier alpha value is -0.500. The average Bonchev–Trinajstić information content (AvgIpc) is 2.27. The van der Waals surface area contributed by atoms with Gasteiger partial charge in [0.2, 0.25) is 0 Å². The summed E-state index contributed by atoms with van der Waals surface area (Å²) in [6.07, 6.45) is 3.69. The van der Waals surface area contributed by atoms with Crippen LogP contribution in [0.5, 0.6) is 5.75 Å². The van der Waals surface area contributed by atoms with Crippen molar-refractivity contribution in [3.8, 4) is 5.75 Å². The van der Waals surface area contributed by atoms with Crippen LogP contribution in [-0.2, 0) is 12.8 Å². The molecule has 2 unspecified atom stereocenters. The van der Waals surface area contributed by atoms with Crippen LogP contribution in [0.15, 0.2) is 18.2 Å². The maximum Gasteiger partial charge on any atom is 0.119 e. The highest BCUT2D eigenvalue weighted by Gasteiger charge is 2.22. The molecule has 2 atom stereocenters. The lowest BCUT2D eigenvalue weighted by molar-refractivity contribution is 0.410. The Morgan fingerprint density at radius 1 is 1.40 bits per heavy atom. The molecule has 0 fully saturated rings. The lowest BCUT2D eigenvalue weighted by atomic mass is 9.82. The zero-order valence-corrected chi connectivity index (χ0v) is 10.9. The summed E-state index contributed by atoms with van der Waals surface area (Å²) in [6.45, 7) is 2.25. The Morgan fingerprint density at radius 2 is 2.20 bits per heavy atom. The van der Waals surface area contributed by atoms with Crippen molar-refractivity contribution in [2.75, 3.05) is 7.11 Å². The van der Waals surface area contributed by atoms with Gasteiger partial charge in [-0.3, -0.25) is 0 Å². The maximum atomic E-state index is 5.26. The molecule has 1 aliphatic rings. The van der Waals surface area contributed by atoms with E-state index in [2.05, 4.69) is 41.1 Å². The van der Waals surface area contributed by atoms with E-state index in [0.717, 1.165) is 11.7 Å². The molecule has 0 N–H and O–H groups in total. The van der Waals surface area contributed by atoms with Crippen LogP contribution in [0.4, 0.5) is 0 Å². The van der Waals surface area contributed by atoms with E-state index in [0.29, 0.717) is 4.83 Å². The first-order valence-electron chi connectivity index (χ1n) is 5.50. The number of benzene rings is 1. The number of halogens is 1. The van der Waals surface area contributed by atoms with Gasteiger partial charge >= 0.3 is 0 Å². The van der Waals surface area contributed by atoms with Gasteiger partial charge in [-0.05, 0) is 48.4 Å². The highest BCUT2D eigenvalue weighted by Crippen LogP contribution is 2.32. The van der Waals surface area contributed by atoms with Gasteiger partial charge in [0, 0.05) is 4.83 Å². The Morgan fingerprint density at radius 3 is 2.87 bits per heavy atom. The second kappa shape index (κ2) is 4.56. The van der Waals surface area contributed by atoms with Gasteiger partial charge in [0.1, 0.15) is 5.75 Å². The summed E-state index contributed by atoms with van der Waals surface area (Å²) in [4.78, 5) is 0.608. The first-order chi connectivity index (χ1) is 7.20. The topological polar surface area (TPSA) is 9.23 Å². The largest absolute Gasteiger partial charge is 0.497 e. The highest BCUT2D eigenvalue weighted by atomic mass is 79.9. The first kappa shape index (κ1) is 11.0. The van der Waals surface area contributed by atoms with Crippen LogP contribution >= 0.6 is 15.9 Å². The second-order valence-corrected chi connectivity index (χ2v) is 5.76. The molecule has 2 heteroatoms. The fourth-order valence-electron chi connectivity index (χ4n) is 2.28. The lowest BCUT2D eigenvalue weighted by Crippen LogP contribution is -2.20. The van der Waals surface area contributed by atoms with Gasteiger partial charge in [0.05, 0.1) is 7.11 Å². The molecule has 0 heterocycles. The third-order valence-electron chi connectivity index (χ3n) is 3.33. The number of aryl methyl sites for hydroxylation is 1. The standard InChI is InChI=1S/C13H17BrO/c1-9(14)11-4-3-10-5-6-13(15-2)8-12(10)7-11/h5-6,8-9,11H,3-4,7H2,1-2H3. The van der Waals surface area contributed by atoms with E-state index >= 15 is 0 Å². The molecule has 0 aromatic heterocycles. The minimum atomic E-state index is 0.608. The smallest absolute Gasteiger partial charge is 0.119 e. The van der Waals surface area contributed by atoms with Gasteiger partial charge in [-0.1, -0.05) is 28.9 Å². The number of fused-ring (bicyclic) bond motifs is 1. The Balaban J connectivity index is 2.23. The van der Waals surface area contributed by atoms with Gasteiger partial charge in [-0.25, -0.2) is 0 Å². The zero-order valence-electron chi connectivity index (χ0n) is 9.29. The molecular weight excluding hydrogens is 252 g/mol. The predicted octanol–water partition coefficient (Wildman–Crippen LogP) is 3.58. The summed E-state index contributed by atoms with van der Waals surface area (Å²) in [7, 11) is 1.73. The Labute approximate surface area is 100.0 Å². The van der Waals surface area contributed by atoms with Crippen molar-refractivity contribution in [3.63, 3.8) is 0 Å². The van der Waals surface area contributed by atoms with Crippen LogP contribution in [0, 0.1) is 5.92 Å². The fourth-order valence-corrected chi connectivity index (χ4v) is 2.73. The first-order valence-corrected chi connectivity index (χ1v) is 6.42. The molecular formula is C13H17BrO. The van der Waals surface area contributed by atoms with E-state index in [1.54, 1.807) is 7.11 Å². The third kappa shape index (κ3) is 2.36. The lowest BCUT2D eigenvalue weighted by Gasteiger charge is -2.26. The van der Waals surface area contributed by atoms with E-state index in [4.69, 9.17) is 4.74 Å². The van der Waals surface area contributed by atoms with E-state index in [1.165, 1.54) is 30.4 Å². The molecule has 15 heavy (non-hydrogen) atoms. The summed E-state index contributed by atoms with van der Waals surface area (Å²) in [5.41, 5.74) is 2.97. The van der Waals surface area contributed by atoms with Crippen molar-refractivity contribution >= 4 is 15.9 Å². The van der Waals surface area contributed by atoms with Crippen LogP contribution in [0.25, 0.3) is 0 Å². The minimum absolute atomic E-state index is 0.608. The summed E-state index contributed by atoms with van der Waals surface area (Å²) < 4.78 is 5.26.